The van der Waals surface area contributed by atoms with Gasteiger partial charge in [-0.05, 0) is 55.2 Å². The van der Waals surface area contributed by atoms with Crippen LogP contribution in [0.15, 0.2) is 36.4 Å². The second kappa shape index (κ2) is 9.14. The van der Waals surface area contributed by atoms with Gasteiger partial charge in [0.05, 0.1) is 30.8 Å². The predicted octanol–water partition coefficient (Wildman–Crippen LogP) is 5.20. The van der Waals surface area contributed by atoms with E-state index in [4.69, 9.17) is 21.1 Å². The third-order valence-electron chi connectivity index (χ3n) is 5.05. The average Bonchev–Trinajstić information content (AvgIpc) is 2.73. The summed E-state index contributed by atoms with van der Waals surface area (Å²) in [4.78, 5) is 12.7. The highest BCUT2D eigenvalue weighted by molar-refractivity contribution is 6.31. The number of anilines is 1. The summed E-state index contributed by atoms with van der Waals surface area (Å²) in [6.45, 7) is 0. The van der Waals surface area contributed by atoms with Gasteiger partial charge in [-0.3, -0.25) is 10.1 Å². The Morgan fingerprint density at radius 1 is 1.10 bits per heavy atom. The highest BCUT2D eigenvalue weighted by Gasteiger charge is 2.34. The SMILES string of the molecule is COc1ccc(C2CCCC(C(=O)Nc3ccc(Cl)c(C(F)(F)F)c3)N2)cc1OC. The Morgan fingerprint density at radius 2 is 1.83 bits per heavy atom. The van der Waals surface area contributed by atoms with E-state index in [0.717, 1.165) is 30.5 Å². The van der Waals surface area contributed by atoms with Crippen molar-refractivity contribution in [2.45, 2.75) is 37.5 Å². The van der Waals surface area contributed by atoms with Crippen LogP contribution in [-0.2, 0) is 11.0 Å². The van der Waals surface area contributed by atoms with E-state index in [1.165, 1.54) is 6.07 Å². The molecule has 30 heavy (non-hydrogen) atoms. The van der Waals surface area contributed by atoms with Gasteiger partial charge >= 0.3 is 6.18 Å². The second-order valence-electron chi connectivity index (χ2n) is 7.00. The number of piperidine rings is 1. The van der Waals surface area contributed by atoms with Crippen molar-refractivity contribution in [2.75, 3.05) is 19.5 Å². The molecule has 2 N–H and O–H groups in total. The van der Waals surface area contributed by atoms with Crippen molar-refractivity contribution in [1.82, 2.24) is 5.32 Å². The van der Waals surface area contributed by atoms with Crippen molar-refractivity contribution in [3.8, 4) is 11.5 Å². The first-order valence-electron chi connectivity index (χ1n) is 9.38. The fourth-order valence-corrected chi connectivity index (χ4v) is 3.75. The first-order valence-corrected chi connectivity index (χ1v) is 9.76. The van der Waals surface area contributed by atoms with Crippen molar-refractivity contribution < 1.29 is 27.4 Å². The molecule has 0 aromatic heterocycles. The molecule has 2 unspecified atom stereocenters. The number of carbonyl (C=O) groups is 1. The number of alkyl halides is 3. The Hall–Kier alpha value is -2.45. The molecule has 5 nitrogen and oxygen atoms in total. The van der Waals surface area contributed by atoms with E-state index in [1.54, 1.807) is 20.3 Å². The van der Waals surface area contributed by atoms with E-state index in [-0.39, 0.29) is 11.7 Å². The molecular formula is C21H22ClF3N2O3. The Bertz CT molecular complexity index is 921. The van der Waals surface area contributed by atoms with Crippen LogP contribution in [0.2, 0.25) is 5.02 Å². The fraction of sp³-hybridized carbons (Fsp3) is 0.381. The lowest BCUT2D eigenvalue weighted by molar-refractivity contribution is -0.137. The van der Waals surface area contributed by atoms with Crippen molar-refractivity contribution in [3.63, 3.8) is 0 Å². The molecule has 0 saturated carbocycles. The summed E-state index contributed by atoms with van der Waals surface area (Å²) in [5.74, 6) is 0.800. The maximum atomic E-state index is 13.0. The van der Waals surface area contributed by atoms with E-state index in [1.807, 2.05) is 12.1 Å². The lowest BCUT2D eigenvalue weighted by Gasteiger charge is -2.31. The fourth-order valence-electron chi connectivity index (χ4n) is 3.52. The van der Waals surface area contributed by atoms with Gasteiger partial charge in [-0.1, -0.05) is 17.7 Å². The monoisotopic (exact) mass is 442 g/mol. The first-order chi connectivity index (χ1) is 14.2. The number of carbonyl (C=O) groups excluding carboxylic acids is 1. The second-order valence-corrected chi connectivity index (χ2v) is 7.41. The van der Waals surface area contributed by atoms with Gasteiger partial charge in [0.15, 0.2) is 11.5 Å². The van der Waals surface area contributed by atoms with Crippen molar-refractivity contribution in [1.29, 1.82) is 0 Å². The molecule has 0 spiro atoms. The largest absolute Gasteiger partial charge is 0.493 e. The Labute approximate surface area is 177 Å². The predicted molar refractivity (Wildman–Crippen MR) is 108 cm³/mol. The summed E-state index contributed by atoms with van der Waals surface area (Å²) in [6, 6.07) is 8.23. The Balaban J connectivity index is 1.72. The molecule has 2 aromatic carbocycles. The van der Waals surface area contributed by atoms with Crippen LogP contribution < -0.4 is 20.1 Å². The van der Waals surface area contributed by atoms with E-state index in [9.17, 15) is 18.0 Å². The number of halogens is 4. The van der Waals surface area contributed by atoms with Crippen LogP contribution in [0.1, 0.15) is 36.4 Å². The lowest BCUT2D eigenvalue weighted by atomic mass is 9.93. The van der Waals surface area contributed by atoms with E-state index >= 15 is 0 Å². The number of nitrogens with one attached hydrogen (secondary N) is 2. The van der Waals surface area contributed by atoms with Gasteiger partial charge in [-0.15, -0.1) is 0 Å². The minimum atomic E-state index is -4.60. The van der Waals surface area contributed by atoms with Gasteiger partial charge in [0.1, 0.15) is 0 Å². The van der Waals surface area contributed by atoms with Crippen molar-refractivity contribution >= 4 is 23.2 Å². The van der Waals surface area contributed by atoms with Gasteiger partial charge < -0.3 is 14.8 Å². The third-order valence-corrected chi connectivity index (χ3v) is 5.38. The van der Waals surface area contributed by atoms with Gasteiger partial charge in [0.2, 0.25) is 5.91 Å². The van der Waals surface area contributed by atoms with Gasteiger partial charge in [0, 0.05) is 11.7 Å². The zero-order valence-electron chi connectivity index (χ0n) is 16.5. The number of hydrogen-bond acceptors (Lipinski definition) is 4. The standard InChI is InChI=1S/C21H22ClF3N2O3/c1-29-18-9-6-12(10-19(18)30-2)16-4-3-5-17(27-16)20(28)26-13-7-8-15(22)14(11-13)21(23,24)25/h6-11,16-17,27H,3-5H2,1-2H3,(H,26,28). The number of hydrogen-bond donors (Lipinski definition) is 2. The summed E-state index contributed by atoms with van der Waals surface area (Å²) in [6.07, 6.45) is -2.41. The quantitative estimate of drug-likeness (QED) is 0.668. The summed E-state index contributed by atoms with van der Waals surface area (Å²) in [5, 5.41) is 5.43. The number of benzene rings is 2. The van der Waals surface area contributed by atoms with Crippen molar-refractivity contribution in [2.24, 2.45) is 0 Å². The normalized spacial score (nSPS) is 19.3. The summed E-state index contributed by atoms with van der Waals surface area (Å²) in [5.41, 5.74) is 0.00420. The summed E-state index contributed by atoms with van der Waals surface area (Å²) < 4.78 is 49.7. The highest BCUT2D eigenvalue weighted by Crippen LogP contribution is 2.37. The minimum Gasteiger partial charge on any atom is -0.493 e. The smallest absolute Gasteiger partial charge is 0.417 e. The molecule has 1 fully saturated rings. The highest BCUT2D eigenvalue weighted by atomic mass is 35.5. The molecule has 0 bridgehead atoms. The van der Waals surface area contributed by atoms with E-state index in [2.05, 4.69) is 10.6 Å². The molecule has 3 rings (SSSR count). The molecule has 1 aliphatic heterocycles. The zero-order chi connectivity index (χ0) is 21.9. The molecule has 1 aliphatic rings. The third kappa shape index (κ3) is 4.99. The average molecular weight is 443 g/mol. The van der Waals surface area contributed by atoms with Gasteiger partial charge in [-0.25, -0.2) is 0 Å². The van der Waals surface area contributed by atoms with Crippen LogP contribution in [-0.4, -0.2) is 26.2 Å². The summed E-state index contributed by atoms with van der Waals surface area (Å²) >= 11 is 5.64. The van der Waals surface area contributed by atoms with Crippen LogP contribution in [0.5, 0.6) is 11.5 Å². The molecule has 1 heterocycles. The first kappa shape index (κ1) is 22.2. The molecule has 1 saturated heterocycles. The van der Waals surface area contributed by atoms with Crippen LogP contribution in [0.25, 0.3) is 0 Å². The number of ether oxygens (including phenoxy) is 2. The topological polar surface area (TPSA) is 59.6 Å². The molecule has 2 aromatic rings. The molecular weight excluding hydrogens is 421 g/mol. The van der Waals surface area contributed by atoms with Crippen LogP contribution in [0, 0.1) is 0 Å². The molecule has 1 amide bonds. The Morgan fingerprint density at radius 3 is 2.50 bits per heavy atom. The van der Waals surface area contributed by atoms with Crippen LogP contribution in [0.4, 0.5) is 18.9 Å². The maximum absolute atomic E-state index is 13.0. The Kier molecular flexibility index (Phi) is 6.77. The molecule has 2 atom stereocenters. The van der Waals surface area contributed by atoms with E-state index < -0.39 is 28.7 Å². The molecule has 9 heteroatoms. The number of rotatable bonds is 5. The summed E-state index contributed by atoms with van der Waals surface area (Å²) in [7, 11) is 3.10. The lowest BCUT2D eigenvalue weighted by Crippen LogP contribution is -2.45. The number of methoxy groups -OCH3 is 2. The van der Waals surface area contributed by atoms with Gasteiger partial charge in [0.25, 0.3) is 0 Å². The molecule has 0 radical (unpaired) electrons. The molecule has 0 aliphatic carbocycles. The van der Waals surface area contributed by atoms with Crippen LogP contribution in [0.3, 0.4) is 0 Å². The van der Waals surface area contributed by atoms with Crippen LogP contribution >= 0.6 is 11.6 Å². The van der Waals surface area contributed by atoms with Gasteiger partial charge in [-0.2, -0.15) is 13.2 Å². The van der Waals surface area contributed by atoms with Crippen molar-refractivity contribution in [3.05, 3.63) is 52.5 Å². The zero-order valence-corrected chi connectivity index (χ0v) is 17.2. The van der Waals surface area contributed by atoms with E-state index in [0.29, 0.717) is 17.9 Å². The minimum absolute atomic E-state index is 0.0479. The molecule has 162 valence electrons. The maximum Gasteiger partial charge on any atom is 0.417 e. The number of amides is 1.